The third-order valence-corrected chi connectivity index (χ3v) is 3.70. The molecule has 0 aliphatic carbocycles. The number of rotatable bonds is 3. The van der Waals surface area contributed by atoms with Gasteiger partial charge in [-0.2, -0.15) is 5.10 Å². The summed E-state index contributed by atoms with van der Waals surface area (Å²) in [6.45, 7) is 0. The molecule has 1 heterocycles. The van der Waals surface area contributed by atoms with Crippen molar-refractivity contribution >= 4 is 29.1 Å². The fraction of sp³-hybridized carbons (Fsp3) is 0.364. The minimum atomic E-state index is -0.458. The summed E-state index contributed by atoms with van der Waals surface area (Å²) in [7, 11) is 1.78. The van der Waals surface area contributed by atoms with Crippen molar-refractivity contribution in [2.75, 3.05) is 12.8 Å². The average molecular weight is 257 g/mol. The lowest BCUT2D eigenvalue weighted by molar-refractivity contribution is 0.0451. The zero-order valence-electron chi connectivity index (χ0n) is 8.93. The highest BCUT2D eigenvalue weighted by Crippen LogP contribution is 2.22. The summed E-state index contributed by atoms with van der Waals surface area (Å²) in [4.78, 5) is 1.16. The number of halogens is 1. The van der Waals surface area contributed by atoms with Crippen LogP contribution >= 0.6 is 23.4 Å². The van der Waals surface area contributed by atoms with Crippen LogP contribution in [0.3, 0.4) is 0 Å². The molecule has 0 saturated heterocycles. The van der Waals surface area contributed by atoms with Crippen molar-refractivity contribution in [3.05, 3.63) is 29.3 Å². The van der Waals surface area contributed by atoms with E-state index in [1.165, 1.54) is 0 Å². The van der Waals surface area contributed by atoms with Crippen LogP contribution in [-0.2, 0) is 0 Å². The number of hydrogen-bond donors (Lipinski definition) is 1. The molecule has 0 spiro atoms. The summed E-state index contributed by atoms with van der Waals surface area (Å²) >= 11 is 7.51. The number of thioether (sulfide) groups is 1. The molecule has 0 radical (unpaired) electrons. The van der Waals surface area contributed by atoms with E-state index in [0.29, 0.717) is 6.42 Å². The van der Waals surface area contributed by atoms with Crippen LogP contribution in [0.25, 0.3) is 0 Å². The molecule has 16 heavy (non-hydrogen) atoms. The molecule has 1 aromatic carbocycles. The molecule has 0 bridgehead atoms. The Morgan fingerprint density at radius 1 is 1.50 bits per heavy atom. The van der Waals surface area contributed by atoms with E-state index in [1.807, 2.05) is 24.3 Å². The number of nitrogens with zero attached hydrogens (tertiary/aromatic N) is 2. The predicted molar refractivity (Wildman–Crippen MR) is 68.0 cm³/mol. The van der Waals surface area contributed by atoms with Gasteiger partial charge in [0, 0.05) is 29.1 Å². The van der Waals surface area contributed by atoms with Crippen LogP contribution in [0.4, 0.5) is 0 Å². The molecular formula is C11H13ClN2OS. The monoisotopic (exact) mass is 256 g/mol. The van der Waals surface area contributed by atoms with E-state index in [9.17, 15) is 5.11 Å². The average Bonchev–Trinajstić information content (AvgIpc) is 2.58. The second-order valence-electron chi connectivity index (χ2n) is 3.67. The molecule has 1 N–H and O–H groups in total. The Balaban J connectivity index is 1.89. The molecule has 1 aliphatic heterocycles. The van der Waals surface area contributed by atoms with E-state index >= 15 is 0 Å². The molecule has 0 aromatic heterocycles. The summed E-state index contributed by atoms with van der Waals surface area (Å²) in [6.07, 6.45) is 0.178. The maximum absolute atomic E-state index is 9.49. The standard InChI is InChI=1S/C11H13ClN2OS/c1-14-11(15)6-9(13-14)7-16-10-4-2-8(12)3-5-10/h2-5,11,15H,6-7H2,1H3. The lowest BCUT2D eigenvalue weighted by atomic mass is 10.3. The molecule has 1 unspecified atom stereocenters. The quantitative estimate of drug-likeness (QED) is 0.844. The van der Waals surface area contributed by atoms with Gasteiger partial charge in [0.25, 0.3) is 0 Å². The molecule has 0 amide bonds. The van der Waals surface area contributed by atoms with Gasteiger partial charge in [0.2, 0.25) is 0 Å². The Kier molecular flexibility index (Phi) is 3.74. The minimum Gasteiger partial charge on any atom is -0.372 e. The number of aliphatic hydroxyl groups excluding tert-OH is 1. The molecule has 1 aromatic rings. The first-order valence-corrected chi connectivity index (χ1v) is 6.37. The Labute approximate surface area is 104 Å². The second kappa shape index (κ2) is 5.08. The molecule has 0 fully saturated rings. The highest BCUT2D eigenvalue weighted by Gasteiger charge is 2.20. The molecule has 1 aliphatic rings. The predicted octanol–water partition coefficient (Wildman–Crippen LogP) is 2.44. The van der Waals surface area contributed by atoms with Crippen molar-refractivity contribution in [1.29, 1.82) is 0 Å². The molecule has 1 atom stereocenters. The molecule has 5 heteroatoms. The van der Waals surface area contributed by atoms with E-state index in [-0.39, 0.29) is 0 Å². The van der Waals surface area contributed by atoms with E-state index in [2.05, 4.69) is 5.10 Å². The molecule has 3 nitrogen and oxygen atoms in total. The highest BCUT2D eigenvalue weighted by molar-refractivity contribution is 8.00. The van der Waals surface area contributed by atoms with Gasteiger partial charge in [-0.05, 0) is 24.3 Å². The molecular weight excluding hydrogens is 244 g/mol. The van der Waals surface area contributed by atoms with Crippen molar-refractivity contribution in [2.24, 2.45) is 5.10 Å². The first-order chi connectivity index (χ1) is 7.65. The van der Waals surface area contributed by atoms with Crippen molar-refractivity contribution < 1.29 is 5.11 Å². The first-order valence-electron chi connectivity index (χ1n) is 5.01. The summed E-state index contributed by atoms with van der Waals surface area (Å²) < 4.78 is 0. The number of benzene rings is 1. The van der Waals surface area contributed by atoms with E-state index in [4.69, 9.17) is 11.6 Å². The third kappa shape index (κ3) is 2.90. The zero-order valence-corrected chi connectivity index (χ0v) is 10.5. The lowest BCUT2D eigenvalue weighted by Gasteiger charge is -2.10. The van der Waals surface area contributed by atoms with Gasteiger partial charge in [0.05, 0.1) is 5.71 Å². The van der Waals surface area contributed by atoms with Crippen LogP contribution < -0.4 is 0 Å². The lowest BCUT2D eigenvalue weighted by Crippen LogP contribution is -2.21. The SMILES string of the molecule is CN1N=C(CSc2ccc(Cl)cc2)CC1O. The Hall–Kier alpha value is -0.710. The smallest absolute Gasteiger partial charge is 0.147 e. The summed E-state index contributed by atoms with van der Waals surface area (Å²) in [5.41, 5.74) is 1.02. The molecule has 86 valence electrons. The van der Waals surface area contributed by atoms with Crippen molar-refractivity contribution in [2.45, 2.75) is 17.5 Å². The van der Waals surface area contributed by atoms with Gasteiger partial charge in [-0.25, -0.2) is 0 Å². The fourth-order valence-electron chi connectivity index (χ4n) is 1.46. The van der Waals surface area contributed by atoms with E-state index in [0.717, 1.165) is 21.4 Å². The summed E-state index contributed by atoms with van der Waals surface area (Å²) in [5.74, 6) is 0.809. The molecule has 0 saturated carbocycles. The summed E-state index contributed by atoms with van der Waals surface area (Å²) in [6, 6.07) is 7.73. The number of hydrogen-bond acceptors (Lipinski definition) is 4. The van der Waals surface area contributed by atoms with Crippen LogP contribution in [0, 0.1) is 0 Å². The van der Waals surface area contributed by atoms with Crippen molar-refractivity contribution in [1.82, 2.24) is 5.01 Å². The fourth-order valence-corrected chi connectivity index (χ4v) is 2.42. The highest BCUT2D eigenvalue weighted by atomic mass is 35.5. The van der Waals surface area contributed by atoms with Crippen LogP contribution in [0.1, 0.15) is 6.42 Å². The normalized spacial score (nSPS) is 20.1. The summed E-state index contributed by atoms with van der Waals surface area (Å²) in [5, 5.41) is 16.1. The van der Waals surface area contributed by atoms with Gasteiger partial charge in [0.15, 0.2) is 0 Å². The first kappa shape index (κ1) is 11.8. The maximum Gasteiger partial charge on any atom is 0.147 e. The second-order valence-corrected chi connectivity index (χ2v) is 5.15. The van der Waals surface area contributed by atoms with Gasteiger partial charge in [0.1, 0.15) is 6.23 Å². The van der Waals surface area contributed by atoms with Gasteiger partial charge >= 0.3 is 0 Å². The zero-order chi connectivity index (χ0) is 11.5. The van der Waals surface area contributed by atoms with Gasteiger partial charge in [-0.3, -0.25) is 5.01 Å². The maximum atomic E-state index is 9.49. The third-order valence-electron chi connectivity index (χ3n) is 2.37. The van der Waals surface area contributed by atoms with Crippen LogP contribution in [0.5, 0.6) is 0 Å². The number of aliphatic hydroxyl groups is 1. The van der Waals surface area contributed by atoms with Crippen molar-refractivity contribution in [3.8, 4) is 0 Å². The van der Waals surface area contributed by atoms with E-state index in [1.54, 1.807) is 23.8 Å². The Bertz CT molecular complexity index is 393. The van der Waals surface area contributed by atoms with Gasteiger partial charge in [-0.1, -0.05) is 11.6 Å². The van der Waals surface area contributed by atoms with Crippen LogP contribution in [0.15, 0.2) is 34.3 Å². The van der Waals surface area contributed by atoms with Gasteiger partial charge in [-0.15, -0.1) is 11.8 Å². The van der Waals surface area contributed by atoms with Crippen LogP contribution in [0.2, 0.25) is 5.02 Å². The Morgan fingerprint density at radius 2 is 2.19 bits per heavy atom. The van der Waals surface area contributed by atoms with Gasteiger partial charge < -0.3 is 5.11 Å². The Morgan fingerprint density at radius 3 is 2.75 bits per heavy atom. The minimum absolute atomic E-state index is 0.458. The van der Waals surface area contributed by atoms with E-state index < -0.39 is 6.23 Å². The number of hydrazone groups is 1. The molecule has 2 rings (SSSR count). The largest absolute Gasteiger partial charge is 0.372 e. The van der Waals surface area contributed by atoms with Crippen molar-refractivity contribution in [3.63, 3.8) is 0 Å². The topological polar surface area (TPSA) is 35.8 Å². The van der Waals surface area contributed by atoms with Crippen LogP contribution in [-0.4, -0.2) is 34.9 Å².